The van der Waals surface area contributed by atoms with Crippen LogP contribution in [0.4, 0.5) is 0 Å². The Morgan fingerprint density at radius 3 is 2.35 bits per heavy atom. The van der Waals surface area contributed by atoms with Crippen LogP contribution in [0.3, 0.4) is 0 Å². The van der Waals surface area contributed by atoms with Crippen molar-refractivity contribution in [1.82, 2.24) is 4.31 Å². The number of morpholine rings is 1. The molecule has 0 amide bonds. The number of hydrogen-bond donors (Lipinski definition) is 2. The van der Waals surface area contributed by atoms with Gasteiger partial charge in [0, 0.05) is 18.9 Å². The molecule has 48 heavy (non-hydrogen) atoms. The van der Waals surface area contributed by atoms with Gasteiger partial charge in [-0.3, -0.25) is 4.79 Å². The van der Waals surface area contributed by atoms with Gasteiger partial charge >= 0.3 is 5.97 Å². The molecule has 5 aliphatic carbocycles. The summed E-state index contributed by atoms with van der Waals surface area (Å²) < 4.78 is 51.1. The summed E-state index contributed by atoms with van der Waals surface area (Å²) in [5.41, 5.74) is -1.39. The summed E-state index contributed by atoms with van der Waals surface area (Å²) in [6, 6.07) is 0. The first-order chi connectivity index (χ1) is 22.1. The van der Waals surface area contributed by atoms with Crippen molar-refractivity contribution in [2.24, 2.45) is 50.7 Å². The van der Waals surface area contributed by atoms with Crippen LogP contribution in [-0.4, -0.2) is 97.3 Å². The highest BCUT2D eigenvalue weighted by atomic mass is 32.2. The van der Waals surface area contributed by atoms with Crippen LogP contribution in [0.1, 0.15) is 107 Å². The molecule has 11 heteroatoms. The van der Waals surface area contributed by atoms with E-state index in [0.29, 0.717) is 31.4 Å². The number of carbonyl (C=O) groups is 1. The zero-order valence-electron chi connectivity index (χ0n) is 30.7. The smallest absolute Gasteiger partial charge is 0.303 e. The number of fused-ring (bicyclic) bond motifs is 4. The van der Waals surface area contributed by atoms with E-state index < -0.39 is 46.2 Å². The van der Waals surface area contributed by atoms with Crippen molar-refractivity contribution in [2.75, 3.05) is 26.0 Å². The molecule has 7 aliphatic rings. The van der Waals surface area contributed by atoms with E-state index in [1.54, 1.807) is 13.8 Å². The predicted octanol–water partition coefficient (Wildman–Crippen LogP) is 4.51. The molecule has 14 atom stereocenters. The Morgan fingerprint density at radius 2 is 1.71 bits per heavy atom. The fraction of sp³-hybridized carbons (Fsp3) is 0.973. The molecule has 5 saturated carbocycles. The molecule has 274 valence electrons. The highest BCUT2D eigenvalue weighted by Gasteiger charge is 2.84. The van der Waals surface area contributed by atoms with Gasteiger partial charge in [-0.1, -0.05) is 34.6 Å². The van der Waals surface area contributed by atoms with Gasteiger partial charge in [0.25, 0.3) is 0 Å². The highest BCUT2D eigenvalue weighted by molar-refractivity contribution is 7.88. The molecule has 2 saturated heterocycles. The Bertz CT molecular complexity index is 1410. The fourth-order valence-corrected chi connectivity index (χ4v) is 14.6. The van der Waals surface area contributed by atoms with Crippen molar-refractivity contribution < 1.29 is 42.4 Å². The number of rotatable bonds is 6. The number of carbonyl (C=O) groups excluding carboxylic acids is 1. The minimum absolute atomic E-state index is 0.0108. The van der Waals surface area contributed by atoms with Gasteiger partial charge in [0.1, 0.15) is 0 Å². The first-order valence-corrected chi connectivity index (χ1v) is 20.4. The van der Waals surface area contributed by atoms with Crippen molar-refractivity contribution >= 4 is 16.0 Å². The lowest BCUT2D eigenvalue weighted by molar-refractivity contribution is -0.243. The molecular formula is C37H61NO9S. The summed E-state index contributed by atoms with van der Waals surface area (Å²) in [5, 5.41) is 23.6. The third kappa shape index (κ3) is 4.83. The lowest BCUT2D eigenvalue weighted by atomic mass is 9.41. The number of ether oxygens (including phenoxy) is 4. The molecule has 2 aliphatic heterocycles. The first-order valence-electron chi connectivity index (χ1n) is 18.6. The van der Waals surface area contributed by atoms with E-state index in [-0.39, 0.29) is 57.7 Å². The largest absolute Gasteiger partial charge is 0.457 e. The average molecular weight is 696 g/mol. The molecule has 3 unspecified atom stereocenters. The number of hydrogen-bond acceptors (Lipinski definition) is 9. The molecule has 0 aromatic heterocycles. The zero-order chi connectivity index (χ0) is 35.0. The number of aliphatic hydroxyl groups is 2. The molecule has 7 fully saturated rings. The SMILES string of the molecule is CC(=O)O[C@@H](C1C[C@@H](C)[C@H]2C(O1)[C@H](O)[C@@]1(C)C3CC[C@H]4C(C)(C)[C@@H](O[C@H]5CN(S(C)(=O)=O)CCO5)CC[C@@]45C[C@@]35CC[C@]21C)C(C)(C)O. The van der Waals surface area contributed by atoms with Crippen LogP contribution in [0.25, 0.3) is 0 Å². The minimum atomic E-state index is -3.30. The fourth-order valence-electron chi connectivity index (χ4n) is 13.8. The summed E-state index contributed by atoms with van der Waals surface area (Å²) in [7, 11) is -3.30. The number of sulfonamides is 1. The third-order valence-electron chi connectivity index (χ3n) is 15.9. The maximum atomic E-state index is 12.5. The third-order valence-corrected chi connectivity index (χ3v) is 17.1. The second kappa shape index (κ2) is 11.1. The van der Waals surface area contributed by atoms with Gasteiger partial charge in [-0.2, -0.15) is 4.31 Å². The van der Waals surface area contributed by atoms with Crippen molar-refractivity contribution in [3.8, 4) is 0 Å². The zero-order valence-corrected chi connectivity index (χ0v) is 31.5. The van der Waals surface area contributed by atoms with Gasteiger partial charge in [-0.15, -0.1) is 0 Å². The summed E-state index contributed by atoms with van der Waals surface area (Å²) in [6.07, 6.45) is 6.62. The van der Waals surface area contributed by atoms with Gasteiger partial charge in [0.05, 0.1) is 49.4 Å². The molecule has 0 radical (unpaired) electrons. The van der Waals surface area contributed by atoms with Gasteiger partial charge in [0.15, 0.2) is 12.4 Å². The normalized spacial score (nSPS) is 50.6. The van der Waals surface area contributed by atoms with Crippen molar-refractivity contribution in [3.05, 3.63) is 0 Å². The first kappa shape index (κ1) is 35.6. The van der Waals surface area contributed by atoms with E-state index in [2.05, 4.69) is 34.6 Å². The molecular weight excluding hydrogens is 634 g/mol. The molecule has 10 nitrogen and oxygen atoms in total. The van der Waals surface area contributed by atoms with E-state index in [9.17, 15) is 23.4 Å². The number of esters is 1. The van der Waals surface area contributed by atoms with Gasteiger partial charge in [-0.25, -0.2) is 8.42 Å². The Balaban J connectivity index is 1.13. The summed E-state index contributed by atoms with van der Waals surface area (Å²) >= 11 is 0. The van der Waals surface area contributed by atoms with E-state index in [4.69, 9.17) is 18.9 Å². The van der Waals surface area contributed by atoms with Crippen LogP contribution in [0, 0.1) is 50.7 Å². The summed E-state index contributed by atoms with van der Waals surface area (Å²) in [6.45, 7) is 17.4. The quantitative estimate of drug-likeness (QED) is 0.386. The van der Waals surface area contributed by atoms with Crippen LogP contribution in [0.2, 0.25) is 0 Å². The molecule has 7 rings (SSSR count). The van der Waals surface area contributed by atoms with Crippen LogP contribution < -0.4 is 0 Å². The van der Waals surface area contributed by atoms with Gasteiger partial charge in [-0.05, 0) is 111 Å². The van der Waals surface area contributed by atoms with Gasteiger partial charge in [0.2, 0.25) is 10.0 Å². The monoisotopic (exact) mass is 695 g/mol. The topological polar surface area (TPSA) is 132 Å². The Labute approximate surface area is 288 Å². The number of nitrogens with zero attached hydrogens (tertiary/aromatic N) is 1. The lowest BCUT2D eigenvalue weighted by Crippen LogP contribution is -2.60. The van der Waals surface area contributed by atoms with Crippen molar-refractivity contribution in [2.45, 2.75) is 149 Å². The van der Waals surface area contributed by atoms with Crippen molar-refractivity contribution in [1.29, 1.82) is 0 Å². The van der Waals surface area contributed by atoms with E-state index in [1.807, 2.05) is 0 Å². The standard InChI is InChI=1S/C37H61NO9S/c1-21-18-23(31(33(5,6)41)45-22(2)39)46-29-28(21)34(7)14-15-37-20-36(37)13-12-26(47-27-19-38(16-17-44-27)48(9,42)43)32(3,4)24(36)10-11-25(37)35(34,8)30(29)40/h21,23-31,40-41H,10-20H2,1-9H3/t21-,23?,24+,25?,26+,27+,28+,29?,30+,31+,34-,35-,36-,37+/m1/s1. The Hall–Kier alpha value is -0.820. The van der Waals surface area contributed by atoms with E-state index in [0.717, 1.165) is 32.1 Å². The highest BCUT2D eigenvalue weighted by Crippen LogP contribution is 2.89. The van der Waals surface area contributed by atoms with Crippen LogP contribution in [-0.2, 0) is 33.8 Å². The lowest BCUT2D eigenvalue weighted by Gasteiger charge is -2.64. The van der Waals surface area contributed by atoms with Crippen LogP contribution >= 0.6 is 0 Å². The summed E-state index contributed by atoms with van der Waals surface area (Å²) in [5.74, 6) is 0.844. The Kier molecular flexibility index (Phi) is 8.22. The molecule has 2 N–H and O–H groups in total. The predicted molar refractivity (Wildman–Crippen MR) is 179 cm³/mol. The molecule has 0 aromatic carbocycles. The van der Waals surface area contributed by atoms with Crippen LogP contribution in [0.5, 0.6) is 0 Å². The minimum Gasteiger partial charge on any atom is -0.457 e. The van der Waals surface area contributed by atoms with Gasteiger partial charge < -0.3 is 29.2 Å². The van der Waals surface area contributed by atoms with E-state index in [1.165, 1.54) is 30.3 Å². The maximum Gasteiger partial charge on any atom is 0.303 e. The molecule has 0 aromatic rings. The van der Waals surface area contributed by atoms with E-state index >= 15 is 0 Å². The molecule has 0 bridgehead atoms. The maximum absolute atomic E-state index is 12.5. The second-order valence-electron chi connectivity index (χ2n) is 18.8. The number of aliphatic hydroxyl groups excluding tert-OH is 1. The van der Waals surface area contributed by atoms with Crippen LogP contribution in [0.15, 0.2) is 0 Å². The Morgan fingerprint density at radius 1 is 1.04 bits per heavy atom. The summed E-state index contributed by atoms with van der Waals surface area (Å²) in [4.78, 5) is 12.1. The second-order valence-corrected chi connectivity index (χ2v) is 20.8. The van der Waals surface area contributed by atoms with Crippen molar-refractivity contribution in [3.63, 3.8) is 0 Å². The average Bonchev–Trinajstić information content (AvgIpc) is 3.61. The molecule has 2 spiro atoms. The molecule has 2 heterocycles.